The number of piperazine rings is 1. The van der Waals surface area contributed by atoms with Gasteiger partial charge >= 0.3 is 6.09 Å². The van der Waals surface area contributed by atoms with Gasteiger partial charge in [-0.05, 0) is 26.8 Å². The molecule has 0 aliphatic carbocycles. The molecule has 5 heteroatoms. The number of nitrogens with one attached hydrogen (secondary N) is 1. The number of nitrogens with zero attached hydrogens (tertiary/aromatic N) is 1. The molecule has 1 aromatic carbocycles. The Labute approximate surface area is 126 Å². The normalized spacial score (nSPS) is 19.2. The van der Waals surface area contributed by atoms with E-state index < -0.39 is 5.60 Å². The minimum Gasteiger partial charge on any atom is -0.496 e. The van der Waals surface area contributed by atoms with Crippen LogP contribution in [-0.2, 0) is 4.74 Å². The van der Waals surface area contributed by atoms with Crippen LogP contribution in [0.4, 0.5) is 4.79 Å². The van der Waals surface area contributed by atoms with Gasteiger partial charge in [0, 0.05) is 25.2 Å². The lowest BCUT2D eigenvalue weighted by atomic mass is 10.0. The number of para-hydroxylation sites is 1. The zero-order chi connectivity index (χ0) is 15.5. The number of rotatable bonds is 2. The number of amides is 1. The molecule has 116 valence electrons. The molecular weight excluding hydrogens is 268 g/mol. The van der Waals surface area contributed by atoms with Crippen LogP contribution in [0, 0.1) is 0 Å². The first kappa shape index (κ1) is 15.6. The second-order valence-electron chi connectivity index (χ2n) is 6.14. The fourth-order valence-corrected chi connectivity index (χ4v) is 2.46. The van der Waals surface area contributed by atoms with Gasteiger partial charge in [-0.25, -0.2) is 4.79 Å². The lowest BCUT2D eigenvalue weighted by Gasteiger charge is -2.37. The molecule has 0 saturated carbocycles. The van der Waals surface area contributed by atoms with E-state index in [2.05, 4.69) is 5.32 Å². The zero-order valence-corrected chi connectivity index (χ0v) is 13.2. The number of methoxy groups -OCH3 is 1. The number of carbonyl (C=O) groups excluding carboxylic acids is 1. The highest BCUT2D eigenvalue weighted by Crippen LogP contribution is 2.31. The lowest BCUT2D eigenvalue weighted by Crippen LogP contribution is -2.50. The fourth-order valence-electron chi connectivity index (χ4n) is 2.46. The Kier molecular flexibility index (Phi) is 4.73. The highest BCUT2D eigenvalue weighted by atomic mass is 16.6. The van der Waals surface area contributed by atoms with Gasteiger partial charge in [0.25, 0.3) is 0 Å². The van der Waals surface area contributed by atoms with E-state index in [9.17, 15) is 4.79 Å². The molecule has 0 spiro atoms. The maximum atomic E-state index is 12.4. The third-order valence-electron chi connectivity index (χ3n) is 3.37. The summed E-state index contributed by atoms with van der Waals surface area (Å²) in [5.74, 6) is 0.791. The molecule has 0 aromatic heterocycles. The van der Waals surface area contributed by atoms with E-state index in [-0.39, 0.29) is 12.1 Å². The average molecular weight is 292 g/mol. The van der Waals surface area contributed by atoms with E-state index in [1.165, 1.54) is 0 Å². The van der Waals surface area contributed by atoms with Crippen LogP contribution in [0.5, 0.6) is 5.75 Å². The molecular formula is C16H24N2O3. The highest BCUT2D eigenvalue weighted by Gasteiger charge is 2.32. The van der Waals surface area contributed by atoms with Crippen LogP contribution in [0.15, 0.2) is 24.3 Å². The largest absolute Gasteiger partial charge is 0.496 e. The molecule has 1 heterocycles. The summed E-state index contributed by atoms with van der Waals surface area (Å²) in [5.41, 5.74) is 0.505. The Hall–Kier alpha value is -1.75. The Morgan fingerprint density at radius 3 is 2.71 bits per heavy atom. The van der Waals surface area contributed by atoms with Gasteiger partial charge in [0.1, 0.15) is 11.4 Å². The summed E-state index contributed by atoms with van der Waals surface area (Å²) in [6.45, 7) is 7.73. The van der Waals surface area contributed by atoms with Crippen LogP contribution in [0.1, 0.15) is 32.4 Å². The van der Waals surface area contributed by atoms with Gasteiger partial charge in [0.2, 0.25) is 0 Å². The Balaban J connectivity index is 2.25. The van der Waals surface area contributed by atoms with Crippen molar-refractivity contribution in [3.05, 3.63) is 29.8 Å². The molecule has 1 unspecified atom stereocenters. The van der Waals surface area contributed by atoms with E-state index in [1.807, 2.05) is 45.0 Å². The topological polar surface area (TPSA) is 50.8 Å². The molecule has 0 radical (unpaired) electrons. The van der Waals surface area contributed by atoms with Gasteiger partial charge in [0.15, 0.2) is 0 Å². The van der Waals surface area contributed by atoms with Crippen molar-refractivity contribution in [3.8, 4) is 5.75 Å². The Morgan fingerprint density at radius 1 is 1.33 bits per heavy atom. The number of hydrogen-bond donors (Lipinski definition) is 1. The highest BCUT2D eigenvalue weighted by molar-refractivity contribution is 5.69. The van der Waals surface area contributed by atoms with Crippen LogP contribution in [0.3, 0.4) is 0 Å². The number of ether oxygens (including phenoxy) is 2. The summed E-state index contributed by atoms with van der Waals surface area (Å²) >= 11 is 0. The van der Waals surface area contributed by atoms with Crippen molar-refractivity contribution >= 4 is 6.09 Å². The van der Waals surface area contributed by atoms with Gasteiger partial charge in [-0.15, -0.1) is 0 Å². The van der Waals surface area contributed by atoms with Crippen molar-refractivity contribution in [2.75, 3.05) is 26.7 Å². The summed E-state index contributed by atoms with van der Waals surface area (Å²) in [6, 6.07) is 7.71. The third-order valence-corrected chi connectivity index (χ3v) is 3.37. The smallest absolute Gasteiger partial charge is 0.410 e. The van der Waals surface area contributed by atoms with E-state index in [4.69, 9.17) is 9.47 Å². The van der Waals surface area contributed by atoms with Crippen molar-refractivity contribution in [2.24, 2.45) is 0 Å². The maximum Gasteiger partial charge on any atom is 0.410 e. The van der Waals surface area contributed by atoms with Crippen molar-refractivity contribution in [3.63, 3.8) is 0 Å². The zero-order valence-electron chi connectivity index (χ0n) is 13.2. The van der Waals surface area contributed by atoms with Crippen LogP contribution < -0.4 is 10.1 Å². The van der Waals surface area contributed by atoms with Gasteiger partial charge in [-0.2, -0.15) is 0 Å². The van der Waals surface area contributed by atoms with Crippen molar-refractivity contribution in [2.45, 2.75) is 32.4 Å². The second kappa shape index (κ2) is 6.35. The van der Waals surface area contributed by atoms with Crippen LogP contribution in [0.25, 0.3) is 0 Å². The third kappa shape index (κ3) is 3.88. The first-order chi connectivity index (χ1) is 9.92. The quantitative estimate of drug-likeness (QED) is 0.910. The van der Waals surface area contributed by atoms with Crippen LogP contribution >= 0.6 is 0 Å². The SMILES string of the molecule is COc1ccccc1C1CNCCN1C(=O)OC(C)(C)C. The second-order valence-corrected chi connectivity index (χ2v) is 6.14. The molecule has 1 aliphatic heterocycles. The number of carbonyl (C=O) groups is 1. The fraction of sp³-hybridized carbons (Fsp3) is 0.562. The molecule has 1 amide bonds. The van der Waals surface area contributed by atoms with Crippen LogP contribution in [0.2, 0.25) is 0 Å². The maximum absolute atomic E-state index is 12.4. The molecule has 1 saturated heterocycles. The van der Waals surface area contributed by atoms with E-state index >= 15 is 0 Å². The standard InChI is InChI=1S/C16H24N2O3/c1-16(2,3)21-15(19)18-10-9-17-11-13(18)12-7-5-6-8-14(12)20-4/h5-8,13,17H,9-11H2,1-4H3. The molecule has 0 bridgehead atoms. The monoisotopic (exact) mass is 292 g/mol. The van der Waals surface area contributed by atoms with E-state index in [0.717, 1.165) is 17.9 Å². The molecule has 1 aromatic rings. The first-order valence-corrected chi connectivity index (χ1v) is 7.25. The summed E-state index contributed by atoms with van der Waals surface area (Å²) < 4.78 is 10.9. The Morgan fingerprint density at radius 2 is 2.05 bits per heavy atom. The predicted molar refractivity (Wildman–Crippen MR) is 81.5 cm³/mol. The summed E-state index contributed by atoms with van der Waals surface area (Å²) in [5, 5.41) is 3.33. The molecule has 5 nitrogen and oxygen atoms in total. The molecule has 1 fully saturated rings. The number of benzene rings is 1. The summed E-state index contributed by atoms with van der Waals surface area (Å²) in [7, 11) is 1.65. The number of hydrogen-bond acceptors (Lipinski definition) is 4. The molecule has 1 aliphatic rings. The lowest BCUT2D eigenvalue weighted by molar-refractivity contribution is 0.0116. The van der Waals surface area contributed by atoms with E-state index in [1.54, 1.807) is 12.0 Å². The van der Waals surface area contributed by atoms with Gasteiger partial charge in [-0.1, -0.05) is 18.2 Å². The van der Waals surface area contributed by atoms with Gasteiger partial charge in [-0.3, -0.25) is 4.90 Å². The summed E-state index contributed by atoms with van der Waals surface area (Å²) in [6.07, 6.45) is -0.278. The predicted octanol–water partition coefficient (Wildman–Crippen LogP) is 2.58. The van der Waals surface area contributed by atoms with E-state index in [0.29, 0.717) is 13.1 Å². The van der Waals surface area contributed by atoms with Crippen molar-refractivity contribution in [1.82, 2.24) is 10.2 Å². The van der Waals surface area contributed by atoms with Crippen LogP contribution in [-0.4, -0.2) is 43.3 Å². The van der Waals surface area contributed by atoms with Gasteiger partial charge < -0.3 is 14.8 Å². The minimum absolute atomic E-state index is 0.0789. The molecule has 2 rings (SSSR count). The minimum atomic E-state index is -0.493. The Bertz CT molecular complexity index is 497. The summed E-state index contributed by atoms with van der Waals surface area (Å²) in [4.78, 5) is 14.2. The molecule has 1 N–H and O–H groups in total. The molecule has 1 atom stereocenters. The van der Waals surface area contributed by atoms with Crippen molar-refractivity contribution < 1.29 is 14.3 Å². The molecule has 21 heavy (non-hydrogen) atoms. The van der Waals surface area contributed by atoms with Gasteiger partial charge in [0.05, 0.1) is 13.2 Å². The average Bonchev–Trinajstić information content (AvgIpc) is 2.45. The van der Waals surface area contributed by atoms with Crippen molar-refractivity contribution in [1.29, 1.82) is 0 Å². The first-order valence-electron chi connectivity index (χ1n) is 7.25.